The molecule has 12 nitrogen and oxygen atoms in total. The number of benzene rings is 1. The molecule has 1 aliphatic heterocycles. The van der Waals surface area contributed by atoms with Crippen molar-refractivity contribution < 1.29 is 33.0 Å². The molecular weight excluding hydrogens is 517 g/mol. The number of nitrogens with zero attached hydrogens (tertiary/aromatic N) is 1. The minimum absolute atomic E-state index is 0.203. The topological polar surface area (TPSA) is 158 Å². The smallest absolute Gasteiger partial charge is 0.459 e. The molecule has 1 aliphatic rings. The zero-order valence-electron chi connectivity index (χ0n) is 20.1. The summed E-state index contributed by atoms with van der Waals surface area (Å²) in [6.07, 6.45) is -2.71. The average Bonchev–Trinajstić information content (AvgIpc) is 3.08. The van der Waals surface area contributed by atoms with Crippen LogP contribution in [0.1, 0.15) is 32.6 Å². The highest BCUT2D eigenvalue weighted by molar-refractivity contribution is 7.52. The molecule has 1 aromatic heterocycles. The lowest BCUT2D eigenvalue weighted by Gasteiger charge is -2.25. The SMILES string of the molecule is Cc1cn([C@H]2O[C@@H](COP(=O)(N[C@@H](C)C(=O)OC(C)C)Oc3ccccc3)[C@@H](O)C2Cl)c(=O)[nH]c1=O. The lowest BCUT2D eigenvalue weighted by molar-refractivity contribution is -0.149. The highest BCUT2D eigenvalue weighted by Gasteiger charge is 2.45. The van der Waals surface area contributed by atoms with Crippen LogP contribution in [0, 0.1) is 6.92 Å². The van der Waals surface area contributed by atoms with Crippen LogP contribution in [-0.2, 0) is 23.4 Å². The van der Waals surface area contributed by atoms with Gasteiger partial charge in [-0.25, -0.2) is 9.36 Å². The molecular formula is C22H29ClN3O9P. The molecule has 0 spiro atoms. The first kappa shape index (κ1) is 28.1. The number of H-pyrrole nitrogens is 1. The van der Waals surface area contributed by atoms with Crippen LogP contribution < -0.4 is 20.9 Å². The fourth-order valence-corrected chi connectivity index (χ4v) is 5.19. The number of carbonyl (C=O) groups excluding carboxylic acids is 1. The second kappa shape index (κ2) is 11.7. The Balaban J connectivity index is 1.77. The van der Waals surface area contributed by atoms with Crippen molar-refractivity contribution in [1.29, 1.82) is 0 Å². The van der Waals surface area contributed by atoms with Gasteiger partial charge < -0.3 is 19.1 Å². The average molecular weight is 546 g/mol. The molecule has 2 heterocycles. The van der Waals surface area contributed by atoms with Gasteiger partial charge in [-0.1, -0.05) is 18.2 Å². The Kier molecular flexibility index (Phi) is 9.15. The number of nitrogens with one attached hydrogen (secondary N) is 2. The summed E-state index contributed by atoms with van der Waals surface area (Å²) in [5.41, 5.74) is -1.09. The van der Waals surface area contributed by atoms with Crippen LogP contribution in [-0.4, -0.2) is 57.0 Å². The maximum absolute atomic E-state index is 13.6. The summed E-state index contributed by atoms with van der Waals surface area (Å²) >= 11 is 6.32. The van der Waals surface area contributed by atoms with Gasteiger partial charge in [-0.2, -0.15) is 5.09 Å². The van der Waals surface area contributed by atoms with Crippen molar-refractivity contribution in [2.24, 2.45) is 0 Å². The second-order valence-corrected chi connectivity index (χ2v) is 10.7. The van der Waals surface area contributed by atoms with Crippen molar-refractivity contribution in [1.82, 2.24) is 14.6 Å². The molecule has 2 aromatic rings. The van der Waals surface area contributed by atoms with Gasteiger partial charge >= 0.3 is 19.4 Å². The summed E-state index contributed by atoms with van der Waals surface area (Å²) in [7, 11) is -4.21. The normalized spacial score (nSPS) is 24.3. The fraction of sp³-hybridized carbons (Fsp3) is 0.500. The standard InChI is InChI=1S/C22H29ClN3O9P/c1-12(2)33-21(29)14(4)25-36(31,35-15-8-6-5-7-9-15)32-11-16-18(27)17(23)20(34-16)26-10-13(3)19(28)24-22(26)30/h5-10,12,14,16-18,20,27H,11H2,1-4H3,(H,25,31)(H,24,28,30)/t14-,16-,17?,18+,20-,36?/m0/s1. The van der Waals surface area contributed by atoms with E-state index in [2.05, 4.69) is 10.1 Å². The zero-order valence-corrected chi connectivity index (χ0v) is 21.8. The maximum atomic E-state index is 13.6. The number of hydrogen-bond donors (Lipinski definition) is 3. The molecule has 0 radical (unpaired) electrons. The Bertz CT molecular complexity index is 1220. The Morgan fingerprint density at radius 2 is 1.94 bits per heavy atom. The molecule has 0 bridgehead atoms. The number of aliphatic hydroxyl groups is 1. The second-order valence-electron chi connectivity index (χ2n) is 8.51. The van der Waals surface area contributed by atoms with E-state index in [1.54, 1.807) is 44.2 Å². The number of rotatable bonds is 10. The molecule has 3 rings (SSSR count). The number of aryl methyl sites for hydroxylation is 1. The molecule has 198 valence electrons. The fourth-order valence-electron chi connectivity index (χ4n) is 3.35. The van der Waals surface area contributed by atoms with Crippen LogP contribution in [0.2, 0.25) is 0 Å². The van der Waals surface area contributed by atoms with Crippen molar-refractivity contribution in [3.05, 3.63) is 62.9 Å². The minimum atomic E-state index is -4.21. The van der Waals surface area contributed by atoms with Gasteiger partial charge in [0.05, 0.1) is 12.7 Å². The number of esters is 1. The predicted molar refractivity (Wildman–Crippen MR) is 130 cm³/mol. The number of aromatic nitrogens is 2. The maximum Gasteiger partial charge on any atom is 0.459 e. The summed E-state index contributed by atoms with van der Waals surface area (Å²) in [5.74, 6) is -0.467. The Morgan fingerprint density at radius 1 is 1.28 bits per heavy atom. The molecule has 2 unspecified atom stereocenters. The lowest BCUT2D eigenvalue weighted by atomic mass is 10.2. The van der Waals surface area contributed by atoms with E-state index in [0.717, 1.165) is 4.57 Å². The van der Waals surface area contributed by atoms with Gasteiger partial charge in [0.1, 0.15) is 29.4 Å². The molecule has 0 amide bonds. The van der Waals surface area contributed by atoms with Crippen LogP contribution in [0.4, 0.5) is 0 Å². The van der Waals surface area contributed by atoms with Crippen molar-refractivity contribution in [3.63, 3.8) is 0 Å². The summed E-state index contributed by atoms with van der Waals surface area (Å²) in [4.78, 5) is 38.3. The lowest BCUT2D eigenvalue weighted by Crippen LogP contribution is -2.37. The van der Waals surface area contributed by atoms with E-state index in [1.807, 2.05) is 0 Å². The van der Waals surface area contributed by atoms with E-state index in [-0.39, 0.29) is 11.3 Å². The van der Waals surface area contributed by atoms with Gasteiger partial charge in [0, 0.05) is 11.8 Å². The van der Waals surface area contributed by atoms with Gasteiger partial charge in [0.25, 0.3) is 5.56 Å². The first-order chi connectivity index (χ1) is 16.9. The van der Waals surface area contributed by atoms with Crippen molar-refractivity contribution in [2.75, 3.05) is 6.61 Å². The molecule has 1 aromatic carbocycles. The van der Waals surface area contributed by atoms with Gasteiger partial charge in [-0.15, -0.1) is 11.6 Å². The first-order valence-electron chi connectivity index (χ1n) is 11.2. The van der Waals surface area contributed by atoms with Gasteiger partial charge in [-0.05, 0) is 39.8 Å². The molecule has 6 atom stereocenters. The van der Waals surface area contributed by atoms with Crippen molar-refractivity contribution >= 4 is 25.3 Å². The number of aromatic amines is 1. The third-order valence-corrected chi connectivity index (χ3v) is 7.27. The molecule has 1 fully saturated rings. The predicted octanol–water partition coefficient (Wildman–Crippen LogP) is 1.84. The third kappa shape index (κ3) is 6.84. The monoisotopic (exact) mass is 545 g/mol. The summed E-state index contributed by atoms with van der Waals surface area (Å²) in [5, 5.41) is 12.1. The van der Waals surface area contributed by atoms with Crippen molar-refractivity contribution in [2.45, 2.75) is 63.7 Å². The Morgan fingerprint density at radius 3 is 2.58 bits per heavy atom. The van der Waals surface area contributed by atoms with Crippen LogP contribution in [0.3, 0.4) is 0 Å². The zero-order chi connectivity index (χ0) is 26.6. The highest BCUT2D eigenvalue weighted by Crippen LogP contribution is 2.46. The minimum Gasteiger partial charge on any atom is -0.462 e. The van der Waals surface area contributed by atoms with Crippen LogP contribution in [0.25, 0.3) is 0 Å². The number of para-hydroxylation sites is 1. The molecule has 1 saturated heterocycles. The largest absolute Gasteiger partial charge is 0.462 e. The Hall–Kier alpha value is -2.47. The van der Waals surface area contributed by atoms with E-state index >= 15 is 0 Å². The summed E-state index contributed by atoms with van der Waals surface area (Å²) in [6, 6.07) is 7.09. The first-order valence-corrected chi connectivity index (χ1v) is 13.2. The van der Waals surface area contributed by atoms with E-state index in [0.29, 0.717) is 0 Å². The molecule has 0 saturated carbocycles. The number of halogens is 1. The Labute approximate surface area is 212 Å². The van der Waals surface area contributed by atoms with Crippen LogP contribution in [0.5, 0.6) is 5.75 Å². The summed E-state index contributed by atoms with van der Waals surface area (Å²) in [6.45, 7) is 5.81. The highest BCUT2D eigenvalue weighted by atomic mass is 35.5. The molecule has 0 aliphatic carbocycles. The number of ether oxygens (including phenoxy) is 2. The number of carbonyl (C=O) groups is 1. The van der Waals surface area contributed by atoms with E-state index < -0.39 is 67.5 Å². The third-order valence-electron chi connectivity index (χ3n) is 5.15. The van der Waals surface area contributed by atoms with Gasteiger partial charge in [0.2, 0.25) is 0 Å². The molecule has 14 heteroatoms. The summed E-state index contributed by atoms with van der Waals surface area (Å²) < 4.78 is 36.6. The van der Waals surface area contributed by atoms with E-state index in [1.165, 1.54) is 20.0 Å². The van der Waals surface area contributed by atoms with E-state index in [4.69, 9.17) is 30.1 Å². The van der Waals surface area contributed by atoms with Crippen molar-refractivity contribution in [3.8, 4) is 5.75 Å². The van der Waals surface area contributed by atoms with Crippen LogP contribution in [0.15, 0.2) is 46.1 Å². The number of hydrogen-bond acceptors (Lipinski definition) is 9. The quantitative estimate of drug-likeness (QED) is 0.228. The van der Waals surface area contributed by atoms with Gasteiger partial charge in [-0.3, -0.25) is 23.7 Å². The number of alkyl halides is 1. The molecule has 36 heavy (non-hydrogen) atoms. The van der Waals surface area contributed by atoms with Gasteiger partial charge in [0.15, 0.2) is 6.23 Å². The van der Waals surface area contributed by atoms with E-state index in [9.17, 15) is 24.1 Å². The van der Waals surface area contributed by atoms with Crippen LogP contribution >= 0.6 is 19.3 Å². The number of aliphatic hydroxyl groups excluding tert-OH is 1. The molecule has 3 N–H and O–H groups in total.